The number of aliphatic hydroxyl groups is 1. The van der Waals surface area contributed by atoms with E-state index in [9.17, 15) is 0 Å². The van der Waals surface area contributed by atoms with Crippen LogP contribution in [0.3, 0.4) is 0 Å². The number of benzene rings is 1. The van der Waals surface area contributed by atoms with Crippen LogP contribution < -0.4 is 0 Å². The Kier molecular flexibility index (Phi) is 4.09. The van der Waals surface area contributed by atoms with Crippen molar-refractivity contribution in [2.24, 2.45) is 0 Å². The van der Waals surface area contributed by atoms with E-state index in [1.807, 2.05) is 38.1 Å². The predicted molar refractivity (Wildman–Crippen MR) is 75.4 cm³/mol. The molecule has 1 N–H and O–H groups in total. The first-order valence-corrected chi connectivity index (χ1v) is 6.62. The number of hydrogen-bond donors (Lipinski definition) is 1. The summed E-state index contributed by atoms with van der Waals surface area (Å²) in [4.78, 5) is 9.06. The van der Waals surface area contributed by atoms with E-state index < -0.39 is 0 Å². The largest absolute Gasteiger partial charge is 0.396 e. The molecule has 0 amide bonds. The van der Waals surface area contributed by atoms with Crippen molar-refractivity contribution in [2.45, 2.75) is 20.3 Å². The standard InChI is InChI=1S/C14H15BrN2O/c1-9-11(7-8-18)10(2)17-14(16-9)12-5-3-4-6-13(12)15/h3-6,18H,7-8H2,1-2H3. The molecule has 0 saturated carbocycles. The van der Waals surface area contributed by atoms with Crippen molar-refractivity contribution in [3.63, 3.8) is 0 Å². The van der Waals surface area contributed by atoms with Crippen LogP contribution in [-0.4, -0.2) is 21.7 Å². The van der Waals surface area contributed by atoms with Crippen LogP contribution in [0.1, 0.15) is 17.0 Å². The highest BCUT2D eigenvalue weighted by Crippen LogP contribution is 2.26. The second-order valence-electron chi connectivity index (χ2n) is 4.15. The summed E-state index contributed by atoms with van der Waals surface area (Å²) in [5, 5.41) is 9.04. The Bertz CT molecular complexity index is 546. The number of rotatable bonds is 3. The van der Waals surface area contributed by atoms with Gasteiger partial charge >= 0.3 is 0 Å². The van der Waals surface area contributed by atoms with Crippen LogP contribution in [0.5, 0.6) is 0 Å². The fourth-order valence-corrected chi connectivity index (χ4v) is 2.44. The molecule has 2 aromatic rings. The van der Waals surface area contributed by atoms with Gasteiger partial charge in [-0.1, -0.05) is 34.1 Å². The maximum absolute atomic E-state index is 9.04. The smallest absolute Gasteiger partial charge is 0.160 e. The Morgan fingerprint density at radius 3 is 2.28 bits per heavy atom. The van der Waals surface area contributed by atoms with Crippen LogP contribution in [0.15, 0.2) is 28.7 Å². The molecule has 0 saturated heterocycles. The summed E-state index contributed by atoms with van der Waals surface area (Å²) in [6.45, 7) is 4.04. The highest BCUT2D eigenvalue weighted by atomic mass is 79.9. The van der Waals surface area contributed by atoms with Gasteiger partial charge in [-0.2, -0.15) is 0 Å². The summed E-state index contributed by atoms with van der Waals surface area (Å²) in [6, 6.07) is 7.90. The lowest BCUT2D eigenvalue weighted by molar-refractivity contribution is 0.299. The molecule has 0 aliphatic carbocycles. The molecule has 94 valence electrons. The normalized spacial score (nSPS) is 10.7. The maximum Gasteiger partial charge on any atom is 0.160 e. The van der Waals surface area contributed by atoms with E-state index in [2.05, 4.69) is 25.9 Å². The molecule has 0 atom stereocenters. The van der Waals surface area contributed by atoms with Crippen LogP contribution in [0.2, 0.25) is 0 Å². The number of aliphatic hydroxyl groups excluding tert-OH is 1. The van der Waals surface area contributed by atoms with Crippen LogP contribution in [0, 0.1) is 13.8 Å². The van der Waals surface area contributed by atoms with E-state index in [0.29, 0.717) is 6.42 Å². The van der Waals surface area contributed by atoms with Crippen LogP contribution >= 0.6 is 15.9 Å². The van der Waals surface area contributed by atoms with Gasteiger partial charge in [0.05, 0.1) is 0 Å². The summed E-state index contributed by atoms with van der Waals surface area (Å²) in [5.74, 6) is 0.721. The van der Waals surface area contributed by atoms with E-state index in [-0.39, 0.29) is 6.61 Å². The zero-order valence-corrected chi connectivity index (χ0v) is 12.0. The van der Waals surface area contributed by atoms with Gasteiger partial charge in [-0.3, -0.25) is 0 Å². The Hall–Kier alpha value is -1.26. The van der Waals surface area contributed by atoms with Crippen molar-refractivity contribution in [3.05, 3.63) is 45.7 Å². The zero-order chi connectivity index (χ0) is 13.1. The third-order valence-corrected chi connectivity index (χ3v) is 3.59. The number of aryl methyl sites for hydroxylation is 2. The van der Waals surface area contributed by atoms with Gasteiger partial charge in [0, 0.05) is 28.0 Å². The van der Waals surface area contributed by atoms with Crippen LogP contribution in [0.4, 0.5) is 0 Å². The molecule has 2 rings (SSSR count). The Labute approximate surface area is 115 Å². The van der Waals surface area contributed by atoms with Crippen molar-refractivity contribution >= 4 is 15.9 Å². The highest BCUT2D eigenvalue weighted by molar-refractivity contribution is 9.10. The zero-order valence-electron chi connectivity index (χ0n) is 10.4. The summed E-state index contributed by atoms with van der Waals surface area (Å²) in [5.41, 5.74) is 3.89. The quantitative estimate of drug-likeness (QED) is 0.948. The summed E-state index contributed by atoms with van der Waals surface area (Å²) in [6.07, 6.45) is 0.605. The summed E-state index contributed by atoms with van der Waals surface area (Å²) in [7, 11) is 0. The molecular weight excluding hydrogens is 292 g/mol. The Morgan fingerprint density at radius 1 is 1.11 bits per heavy atom. The predicted octanol–water partition coefficient (Wildman–Crippen LogP) is 3.06. The van der Waals surface area contributed by atoms with Gasteiger partial charge in [0.25, 0.3) is 0 Å². The molecule has 0 radical (unpaired) electrons. The molecule has 0 unspecified atom stereocenters. The van der Waals surface area contributed by atoms with Crippen molar-refractivity contribution in [1.29, 1.82) is 0 Å². The Morgan fingerprint density at radius 2 is 1.72 bits per heavy atom. The van der Waals surface area contributed by atoms with E-state index in [4.69, 9.17) is 5.11 Å². The minimum atomic E-state index is 0.124. The van der Waals surface area contributed by atoms with Gasteiger partial charge in [0.1, 0.15) is 0 Å². The second-order valence-corrected chi connectivity index (χ2v) is 5.00. The molecule has 4 heteroatoms. The molecule has 0 spiro atoms. The third-order valence-electron chi connectivity index (χ3n) is 2.90. The fraction of sp³-hybridized carbons (Fsp3) is 0.286. The Balaban J connectivity index is 2.52. The van der Waals surface area contributed by atoms with Crippen molar-refractivity contribution in [2.75, 3.05) is 6.61 Å². The molecule has 0 bridgehead atoms. The minimum absolute atomic E-state index is 0.124. The number of hydrogen-bond acceptors (Lipinski definition) is 3. The van der Waals surface area contributed by atoms with E-state index >= 15 is 0 Å². The first kappa shape index (κ1) is 13.2. The summed E-state index contributed by atoms with van der Waals surface area (Å²) >= 11 is 3.51. The fourth-order valence-electron chi connectivity index (χ4n) is 1.98. The molecular formula is C14H15BrN2O. The first-order valence-electron chi connectivity index (χ1n) is 5.83. The number of nitrogens with zero attached hydrogens (tertiary/aromatic N) is 2. The van der Waals surface area contributed by atoms with E-state index in [0.717, 1.165) is 32.8 Å². The second kappa shape index (κ2) is 5.59. The van der Waals surface area contributed by atoms with Gasteiger partial charge in [0.2, 0.25) is 0 Å². The van der Waals surface area contributed by atoms with Crippen LogP contribution in [-0.2, 0) is 6.42 Å². The average Bonchev–Trinajstić information content (AvgIpc) is 2.34. The first-order chi connectivity index (χ1) is 8.63. The molecule has 1 aromatic heterocycles. The molecule has 0 aliphatic rings. The van der Waals surface area contributed by atoms with Crippen molar-refractivity contribution in [3.8, 4) is 11.4 Å². The molecule has 0 aliphatic heterocycles. The maximum atomic E-state index is 9.04. The SMILES string of the molecule is Cc1nc(-c2ccccc2Br)nc(C)c1CCO. The molecule has 0 fully saturated rings. The molecule has 1 heterocycles. The number of halogens is 1. The monoisotopic (exact) mass is 306 g/mol. The lowest BCUT2D eigenvalue weighted by Gasteiger charge is -2.10. The third kappa shape index (κ3) is 2.60. The molecule has 3 nitrogen and oxygen atoms in total. The van der Waals surface area contributed by atoms with Gasteiger partial charge in [-0.05, 0) is 31.9 Å². The average molecular weight is 307 g/mol. The highest BCUT2D eigenvalue weighted by Gasteiger charge is 2.11. The van der Waals surface area contributed by atoms with E-state index in [1.165, 1.54) is 0 Å². The van der Waals surface area contributed by atoms with Gasteiger partial charge in [-0.25, -0.2) is 9.97 Å². The van der Waals surface area contributed by atoms with Crippen LogP contribution in [0.25, 0.3) is 11.4 Å². The molecule has 1 aromatic carbocycles. The van der Waals surface area contributed by atoms with Crippen molar-refractivity contribution < 1.29 is 5.11 Å². The van der Waals surface area contributed by atoms with Crippen molar-refractivity contribution in [1.82, 2.24) is 9.97 Å². The van der Waals surface area contributed by atoms with Gasteiger partial charge in [-0.15, -0.1) is 0 Å². The van der Waals surface area contributed by atoms with E-state index in [1.54, 1.807) is 0 Å². The minimum Gasteiger partial charge on any atom is -0.396 e. The molecule has 18 heavy (non-hydrogen) atoms. The van der Waals surface area contributed by atoms with Gasteiger partial charge < -0.3 is 5.11 Å². The number of aromatic nitrogens is 2. The van der Waals surface area contributed by atoms with Gasteiger partial charge in [0.15, 0.2) is 5.82 Å². The lowest BCUT2D eigenvalue weighted by Crippen LogP contribution is -2.04. The lowest BCUT2D eigenvalue weighted by atomic mass is 10.1. The summed E-state index contributed by atoms with van der Waals surface area (Å²) < 4.78 is 0.985. The topological polar surface area (TPSA) is 46.0 Å².